The summed E-state index contributed by atoms with van der Waals surface area (Å²) in [5.74, 6) is 0.118. The number of fused-ring (bicyclic) bond motifs is 3. The van der Waals surface area contributed by atoms with Gasteiger partial charge in [-0.3, -0.25) is 4.79 Å². The first-order valence-electron chi connectivity index (χ1n) is 5.19. The molecule has 0 spiro atoms. The Labute approximate surface area is 91.7 Å². The molecule has 3 rings (SSSR count). The molecule has 3 heterocycles. The Balaban J connectivity index is 2.06. The summed E-state index contributed by atoms with van der Waals surface area (Å²) in [5.41, 5.74) is 0.461. The molecule has 2 aliphatic heterocycles. The molecule has 1 amide bonds. The summed E-state index contributed by atoms with van der Waals surface area (Å²) in [6.07, 6.45) is 1.18. The van der Waals surface area contributed by atoms with Gasteiger partial charge in [-0.25, -0.2) is 9.37 Å². The Kier molecular flexibility index (Phi) is 2.03. The highest BCUT2D eigenvalue weighted by atomic mass is 19.1. The van der Waals surface area contributed by atoms with Crippen LogP contribution in [0.3, 0.4) is 0 Å². The first-order valence-corrected chi connectivity index (χ1v) is 5.19. The maximum atomic E-state index is 13.0. The molecule has 0 saturated carbocycles. The summed E-state index contributed by atoms with van der Waals surface area (Å²) in [5, 5.41) is 5.83. The molecule has 2 N–H and O–H groups in total. The van der Waals surface area contributed by atoms with Gasteiger partial charge >= 0.3 is 0 Å². The van der Waals surface area contributed by atoms with Crippen molar-refractivity contribution in [1.29, 1.82) is 0 Å². The van der Waals surface area contributed by atoms with Crippen LogP contribution >= 0.6 is 0 Å². The average Bonchev–Trinajstić information content (AvgIpc) is 2.29. The molecule has 1 aromatic rings. The highest BCUT2D eigenvalue weighted by Gasteiger charge is 2.35. The number of aromatic nitrogens is 1. The molecular weight excluding hydrogens is 211 g/mol. The maximum Gasteiger partial charge on any atom is 0.248 e. The van der Waals surface area contributed by atoms with Crippen LogP contribution in [-0.2, 0) is 4.79 Å². The number of amides is 1. The van der Waals surface area contributed by atoms with Crippen molar-refractivity contribution in [1.82, 2.24) is 10.3 Å². The molecule has 0 radical (unpaired) electrons. The summed E-state index contributed by atoms with van der Waals surface area (Å²) < 4.78 is 13.0. The van der Waals surface area contributed by atoms with Crippen LogP contribution in [-0.4, -0.2) is 36.6 Å². The van der Waals surface area contributed by atoms with E-state index in [0.717, 1.165) is 6.54 Å². The first kappa shape index (κ1) is 9.53. The van der Waals surface area contributed by atoms with Gasteiger partial charge in [0.15, 0.2) is 5.82 Å². The summed E-state index contributed by atoms with van der Waals surface area (Å²) in [6, 6.07) is 1.07. The minimum atomic E-state index is -0.437. The van der Waals surface area contributed by atoms with Crippen molar-refractivity contribution in [3.05, 3.63) is 18.1 Å². The van der Waals surface area contributed by atoms with Gasteiger partial charge in [-0.05, 0) is 0 Å². The number of hydrogen-bond acceptors (Lipinski definition) is 4. The first-order chi connectivity index (χ1) is 7.75. The Morgan fingerprint density at radius 1 is 1.56 bits per heavy atom. The van der Waals surface area contributed by atoms with E-state index in [0.29, 0.717) is 24.6 Å². The van der Waals surface area contributed by atoms with Gasteiger partial charge in [-0.2, -0.15) is 0 Å². The van der Waals surface area contributed by atoms with Crippen molar-refractivity contribution in [3.8, 4) is 0 Å². The van der Waals surface area contributed by atoms with Crippen LogP contribution in [0.2, 0.25) is 0 Å². The zero-order chi connectivity index (χ0) is 11.1. The van der Waals surface area contributed by atoms with Crippen LogP contribution in [0.1, 0.15) is 0 Å². The number of anilines is 2. The fraction of sp³-hybridized carbons (Fsp3) is 0.400. The molecule has 2 aliphatic rings. The molecule has 1 saturated heterocycles. The van der Waals surface area contributed by atoms with E-state index in [1.165, 1.54) is 12.3 Å². The number of carbonyl (C=O) groups is 1. The second-order valence-electron chi connectivity index (χ2n) is 3.93. The van der Waals surface area contributed by atoms with Gasteiger partial charge in [-0.1, -0.05) is 0 Å². The molecule has 1 fully saturated rings. The number of pyridine rings is 1. The lowest BCUT2D eigenvalue weighted by molar-refractivity contribution is -0.117. The second-order valence-corrected chi connectivity index (χ2v) is 3.93. The Morgan fingerprint density at radius 3 is 3.31 bits per heavy atom. The Hall–Kier alpha value is -1.69. The van der Waals surface area contributed by atoms with Crippen molar-refractivity contribution in [2.45, 2.75) is 6.04 Å². The van der Waals surface area contributed by atoms with Crippen LogP contribution in [0.25, 0.3) is 0 Å². The monoisotopic (exact) mass is 222 g/mol. The van der Waals surface area contributed by atoms with E-state index in [2.05, 4.69) is 15.6 Å². The van der Waals surface area contributed by atoms with Gasteiger partial charge in [0.05, 0.1) is 11.9 Å². The van der Waals surface area contributed by atoms with Crippen LogP contribution in [0.4, 0.5) is 15.9 Å². The number of piperazine rings is 1. The summed E-state index contributed by atoms with van der Waals surface area (Å²) >= 11 is 0. The van der Waals surface area contributed by atoms with E-state index in [1.54, 1.807) is 0 Å². The molecule has 0 aliphatic carbocycles. The quantitative estimate of drug-likeness (QED) is 0.646. The topological polar surface area (TPSA) is 57.3 Å². The lowest BCUT2D eigenvalue weighted by Crippen LogP contribution is -2.59. The molecular formula is C10H11FN4O. The van der Waals surface area contributed by atoms with Gasteiger partial charge < -0.3 is 15.5 Å². The predicted octanol–water partition coefficient (Wildman–Crippen LogP) is -0.0490. The van der Waals surface area contributed by atoms with Crippen molar-refractivity contribution < 1.29 is 9.18 Å². The van der Waals surface area contributed by atoms with Gasteiger partial charge in [0.2, 0.25) is 5.91 Å². The highest BCUT2D eigenvalue weighted by Crippen LogP contribution is 2.30. The minimum Gasteiger partial charge on any atom is -0.340 e. The van der Waals surface area contributed by atoms with Crippen molar-refractivity contribution in [2.75, 3.05) is 29.9 Å². The van der Waals surface area contributed by atoms with Crippen LogP contribution < -0.4 is 15.5 Å². The summed E-state index contributed by atoms with van der Waals surface area (Å²) in [6.45, 7) is 2.12. The third-order valence-corrected chi connectivity index (χ3v) is 2.91. The third kappa shape index (κ3) is 1.34. The summed E-state index contributed by atoms with van der Waals surface area (Å²) in [7, 11) is 0. The molecule has 0 aromatic carbocycles. The largest absolute Gasteiger partial charge is 0.340 e. The van der Waals surface area contributed by atoms with Gasteiger partial charge in [-0.15, -0.1) is 0 Å². The van der Waals surface area contributed by atoms with Crippen LogP contribution in [0.5, 0.6) is 0 Å². The standard InChI is InChI=1S/C10H11FN4O/c11-6-3-7-9(13-4-6)15-2-1-12-5-8(15)10(16)14-7/h3-4,8,12H,1-2,5H2,(H,14,16)/t8-/m1/s1. The average molecular weight is 222 g/mol. The fourth-order valence-electron chi connectivity index (χ4n) is 2.16. The van der Waals surface area contributed by atoms with Crippen molar-refractivity contribution in [3.63, 3.8) is 0 Å². The zero-order valence-electron chi connectivity index (χ0n) is 8.53. The molecule has 16 heavy (non-hydrogen) atoms. The van der Waals surface area contributed by atoms with Crippen LogP contribution in [0.15, 0.2) is 12.3 Å². The van der Waals surface area contributed by atoms with Gasteiger partial charge in [0, 0.05) is 25.7 Å². The zero-order valence-corrected chi connectivity index (χ0v) is 8.53. The molecule has 0 unspecified atom stereocenters. The third-order valence-electron chi connectivity index (χ3n) is 2.91. The van der Waals surface area contributed by atoms with E-state index in [9.17, 15) is 9.18 Å². The number of rotatable bonds is 0. The molecule has 1 aromatic heterocycles. The highest BCUT2D eigenvalue weighted by molar-refractivity contribution is 6.03. The number of nitrogens with zero attached hydrogens (tertiary/aromatic N) is 2. The van der Waals surface area contributed by atoms with Gasteiger partial charge in [0.1, 0.15) is 11.9 Å². The molecule has 84 valence electrons. The minimum absolute atomic E-state index is 0.105. The SMILES string of the molecule is O=C1Nc2cc(F)cnc2N2CCNC[C@H]12. The molecule has 0 bridgehead atoms. The number of hydrogen-bond donors (Lipinski definition) is 2. The van der Waals surface area contributed by atoms with Crippen molar-refractivity contribution >= 4 is 17.4 Å². The van der Waals surface area contributed by atoms with E-state index in [-0.39, 0.29) is 11.9 Å². The number of carbonyl (C=O) groups excluding carboxylic acids is 1. The Bertz CT molecular complexity index is 450. The normalized spacial score (nSPS) is 23.4. The second kappa shape index (κ2) is 3.41. The van der Waals surface area contributed by atoms with Gasteiger partial charge in [0.25, 0.3) is 0 Å². The Morgan fingerprint density at radius 2 is 2.44 bits per heavy atom. The lowest BCUT2D eigenvalue weighted by atomic mass is 10.1. The van der Waals surface area contributed by atoms with E-state index < -0.39 is 5.82 Å². The fourth-order valence-corrected chi connectivity index (χ4v) is 2.16. The summed E-state index contributed by atoms with van der Waals surface area (Å²) in [4.78, 5) is 17.7. The number of nitrogens with one attached hydrogen (secondary N) is 2. The lowest BCUT2D eigenvalue weighted by Gasteiger charge is -2.40. The molecule has 1 atom stereocenters. The van der Waals surface area contributed by atoms with E-state index in [1.807, 2.05) is 4.90 Å². The molecule has 5 nitrogen and oxygen atoms in total. The molecule has 6 heteroatoms. The maximum absolute atomic E-state index is 13.0. The smallest absolute Gasteiger partial charge is 0.248 e. The van der Waals surface area contributed by atoms with E-state index >= 15 is 0 Å². The predicted molar refractivity (Wildman–Crippen MR) is 56.8 cm³/mol. The van der Waals surface area contributed by atoms with Crippen molar-refractivity contribution in [2.24, 2.45) is 0 Å². The van der Waals surface area contributed by atoms with E-state index in [4.69, 9.17) is 0 Å². The van der Waals surface area contributed by atoms with Crippen LogP contribution in [0, 0.1) is 5.82 Å². The number of halogens is 1.